The second-order valence-corrected chi connectivity index (χ2v) is 5.36. The fourth-order valence-corrected chi connectivity index (χ4v) is 3.65. The van der Waals surface area contributed by atoms with Crippen LogP contribution in [0.3, 0.4) is 0 Å². The van der Waals surface area contributed by atoms with E-state index in [0.29, 0.717) is 12.5 Å². The van der Waals surface area contributed by atoms with Gasteiger partial charge in [0.15, 0.2) is 6.23 Å². The molecule has 94 valence electrons. The lowest BCUT2D eigenvalue weighted by molar-refractivity contribution is -0.137. The quantitative estimate of drug-likeness (QED) is 0.837. The number of aliphatic hydroxyl groups is 1. The van der Waals surface area contributed by atoms with Crippen molar-refractivity contribution in [3.05, 3.63) is 35.9 Å². The van der Waals surface area contributed by atoms with E-state index in [9.17, 15) is 9.90 Å². The van der Waals surface area contributed by atoms with Crippen LogP contribution in [0, 0.1) is 17.8 Å². The average molecular weight is 245 g/mol. The van der Waals surface area contributed by atoms with Gasteiger partial charge in [0.1, 0.15) is 0 Å². The molecule has 0 bridgehead atoms. The highest BCUT2D eigenvalue weighted by atomic mass is 16.5. The predicted octanol–water partition coefficient (Wildman–Crippen LogP) is 0.781. The van der Waals surface area contributed by atoms with Crippen molar-refractivity contribution >= 4 is 5.91 Å². The molecular formula is C14H15NO3. The summed E-state index contributed by atoms with van der Waals surface area (Å²) in [6.07, 6.45) is -0.226. The maximum atomic E-state index is 12.3. The first-order chi connectivity index (χ1) is 8.83. The summed E-state index contributed by atoms with van der Waals surface area (Å²) >= 11 is 0. The molecule has 1 aliphatic carbocycles. The first-order valence-electron chi connectivity index (χ1n) is 6.42. The standard InChI is InChI=1S/C14H15NO3/c16-6-9-11-10-7-18-14(8-4-2-1-3-5-8)15(10)13(17)12(9)11/h1-5,9-12,14,16H,6-7H2/t9-,10+,11+,12+,14+/m0/s1. The molecule has 2 aliphatic heterocycles. The molecule has 0 unspecified atom stereocenters. The summed E-state index contributed by atoms with van der Waals surface area (Å²) < 4.78 is 5.79. The first-order valence-corrected chi connectivity index (χ1v) is 6.42. The zero-order chi connectivity index (χ0) is 12.3. The number of rotatable bonds is 2. The van der Waals surface area contributed by atoms with Crippen molar-refractivity contribution in [3.63, 3.8) is 0 Å². The molecule has 1 amide bonds. The van der Waals surface area contributed by atoms with E-state index < -0.39 is 0 Å². The van der Waals surface area contributed by atoms with E-state index in [4.69, 9.17) is 4.74 Å². The normalized spacial score (nSPS) is 40.8. The Kier molecular flexibility index (Phi) is 2.08. The molecule has 0 aromatic heterocycles. The third-order valence-electron chi connectivity index (χ3n) is 4.54. The molecular weight excluding hydrogens is 230 g/mol. The molecule has 0 radical (unpaired) electrons. The third-order valence-corrected chi connectivity index (χ3v) is 4.54. The number of fused-ring (bicyclic) bond motifs is 3. The Balaban J connectivity index is 1.63. The van der Waals surface area contributed by atoms with Crippen LogP contribution in [-0.4, -0.2) is 35.2 Å². The number of carbonyl (C=O) groups is 1. The minimum absolute atomic E-state index is 0.0510. The monoisotopic (exact) mass is 245 g/mol. The maximum Gasteiger partial charge on any atom is 0.229 e. The van der Waals surface area contributed by atoms with Crippen molar-refractivity contribution in [2.24, 2.45) is 17.8 Å². The lowest BCUT2D eigenvalue weighted by atomic mass is 10.1. The van der Waals surface area contributed by atoms with Crippen LogP contribution < -0.4 is 0 Å². The van der Waals surface area contributed by atoms with Crippen molar-refractivity contribution in [3.8, 4) is 0 Å². The minimum Gasteiger partial charge on any atom is -0.396 e. The number of ether oxygens (including phenoxy) is 1. The van der Waals surface area contributed by atoms with E-state index in [0.717, 1.165) is 5.56 Å². The van der Waals surface area contributed by atoms with Crippen LogP contribution in [0.2, 0.25) is 0 Å². The summed E-state index contributed by atoms with van der Waals surface area (Å²) in [5.74, 6) is 0.707. The highest BCUT2D eigenvalue weighted by Crippen LogP contribution is 2.59. The number of benzene rings is 1. The van der Waals surface area contributed by atoms with Crippen LogP contribution in [0.15, 0.2) is 30.3 Å². The molecule has 2 heterocycles. The van der Waals surface area contributed by atoms with Crippen molar-refractivity contribution < 1.29 is 14.6 Å². The zero-order valence-electron chi connectivity index (χ0n) is 9.90. The van der Waals surface area contributed by atoms with Gasteiger partial charge in [-0.1, -0.05) is 30.3 Å². The van der Waals surface area contributed by atoms with Crippen LogP contribution in [0.5, 0.6) is 0 Å². The molecule has 4 nitrogen and oxygen atoms in total. The van der Waals surface area contributed by atoms with Gasteiger partial charge >= 0.3 is 0 Å². The smallest absolute Gasteiger partial charge is 0.229 e. The molecule has 2 saturated heterocycles. The van der Waals surface area contributed by atoms with Crippen molar-refractivity contribution in [1.29, 1.82) is 0 Å². The number of amides is 1. The lowest BCUT2D eigenvalue weighted by Crippen LogP contribution is -2.36. The molecule has 5 atom stereocenters. The molecule has 3 aliphatic rings. The van der Waals surface area contributed by atoms with E-state index in [-0.39, 0.29) is 36.6 Å². The number of nitrogens with zero attached hydrogens (tertiary/aromatic N) is 1. The highest BCUT2D eigenvalue weighted by Gasteiger charge is 2.69. The maximum absolute atomic E-state index is 12.3. The molecule has 4 rings (SSSR count). The Morgan fingerprint density at radius 1 is 1.33 bits per heavy atom. The molecule has 18 heavy (non-hydrogen) atoms. The van der Waals surface area contributed by atoms with E-state index in [1.807, 2.05) is 35.2 Å². The van der Waals surface area contributed by atoms with Crippen LogP contribution in [0.1, 0.15) is 11.8 Å². The minimum atomic E-state index is -0.226. The molecule has 1 saturated carbocycles. The van der Waals surface area contributed by atoms with Gasteiger partial charge < -0.3 is 14.7 Å². The Bertz CT molecular complexity index is 489. The van der Waals surface area contributed by atoms with Gasteiger partial charge in [-0.05, 0) is 11.8 Å². The summed E-state index contributed by atoms with van der Waals surface area (Å²) in [7, 11) is 0. The van der Waals surface area contributed by atoms with Crippen LogP contribution in [-0.2, 0) is 9.53 Å². The fourth-order valence-electron chi connectivity index (χ4n) is 3.65. The van der Waals surface area contributed by atoms with E-state index in [1.165, 1.54) is 0 Å². The van der Waals surface area contributed by atoms with Crippen LogP contribution in [0.25, 0.3) is 0 Å². The van der Waals surface area contributed by atoms with Gasteiger partial charge in [-0.25, -0.2) is 0 Å². The zero-order valence-corrected chi connectivity index (χ0v) is 9.90. The van der Waals surface area contributed by atoms with Gasteiger partial charge in [0.2, 0.25) is 5.91 Å². The molecule has 4 heteroatoms. The van der Waals surface area contributed by atoms with Crippen molar-refractivity contribution in [1.82, 2.24) is 4.90 Å². The highest BCUT2D eigenvalue weighted by molar-refractivity contribution is 5.86. The topological polar surface area (TPSA) is 49.8 Å². The average Bonchev–Trinajstić information content (AvgIpc) is 2.85. The molecule has 0 spiro atoms. The summed E-state index contributed by atoms with van der Waals surface area (Å²) in [4.78, 5) is 14.2. The second-order valence-electron chi connectivity index (χ2n) is 5.36. The Morgan fingerprint density at radius 2 is 2.11 bits per heavy atom. The summed E-state index contributed by atoms with van der Waals surface area (Å²) in [6.45, 7) is 0.727. The molecule has 1 aromatic carbocycles. The van der Waals surface area contributed by atoms with Gasteiger partial charge in [-0.15, -0.1) is 0 Å². The number of hydrogen-bond donors (Lipinski definition) is 1. The number of aliphatic hydroxyl groups excluding tert-OH is 1. The summed E-state index contributed by atoms with van der Waals surface area (Å²) in [5, 5.41) is 9.22. The van der Waals surface area contributed by atoms with Crippen LogP contribution >= 0.6 is 0 Å². The van der Waals surface area contributed by atoms with Crippen LogP contribution in [0.4, 0.5) is 0 Å². The Hall–Kier alpha value is -1.39. The Morgan fingerprint density at radius 3 is 2.83 bits per heavy atom. The van der Waals surface area contributed by atoms with Crippen molar-refractivity contribution in [2.45, 2.75) is 12.3 Å². The largest absolute Gasteiger partial charge is 0.396 e. The molecule has 1 N–H and O–H groups in total. The first kappa shape index (κ1) is 10.5. The van der Waals surface area contributed by atoms with Gasteiger partial charge in [0, 0.05) is 18.1 Å². The number of piperidine rings is 1. The van der Waals surface area contributed by atoms with Gasteiger partial charge in [0.25, 0.3) is 0 Å². The summed E-state index contributed by atoms with van der Waals surface area (Å²) in [6, 6.07) is 10.0. The van der Waals surface area contributed by atoms with Gasteiger partial charge in [-0.3, -0.25) is 4.79 Å². The molecule has 3 fully saturated rings. The fraction of sp³-hybridized carbons (Fsp3) is 0.500. The second kappa shape index (κ2) is 3.56. The Labute approximate surface area is 105 Å². The number of hydrogen-bond acceptors (Lipinski definition) is 3. The van der Waals surface area contributed by atoms with Gasteiger partial charge in [-0.2, -0.15) is 0 Å². The van der Waals surface area contributed by atoms with E-state index in [2.05, 4.69) is 0 Å². The number of carbonyl (C=O) groups excluding carboxylic acids is 1. The SMILES string of the molecule is O=C1[C@@H]2[C@@H](CO)[C@@H]2[C@H]2CO[C@H](c3ccccc3)N12. The van der Waals surface area contributed by atoms with E-state index in [1.54, 1.807) is 0 Å². The van der Waals surface area contributed by atoms with E-state index >= 15 is 0 Å². The van der Waals surface area contributed by atoms with Gasteiger partial charge in [0.05, 0.1) is 12.6 Å². The third kappa shape index (κ3) is 1.19. The lowest BCUT2D eigenvalue weighted by Gasteiger charge is -2.25. The molecule has 1 aromatic rings. The summed E-state index contributed by atoms with van der Waals surface area (Å²) in [5.41, 5.74) is 1.04. The predicted molar refractivity (Wildman–Crippen MR) is 63.3 cm³/mol. The van der Waals surface area contributed by atoms with Crippen molar-refractivity contribution in [2.75, 3.05) is 13.2 Å².